The minimum absolute atomic E-state index is 0.159. The average molecular weight is 473 g/mol. The molecule has 5 nitrogen and oxygen atoms in total. The third-order valence-corrected chi connectivity index (χ3v) is 7.66. The minimum Gasteiger partial charge on any atom is -0.355 e. The molecular formula is C21H23Cl2FN2O3S. The first-order chi connectivity index (χ1) is 14.2. The first-order valence-electron chi connectivity index (χ1n) is 9.68. The number of hydrogen-bond donors (Lipinski definition) is 1. The molecular weight excluding hydrogens is 450 g/mol. The number of carbonyl (C=O) groups excluding carboxylic acids is 1. The van der Waals surface area contributed by atoms with Crippen LogP contribution in [0, 0.1) is 11.7 Å². The Bertz CT molecular complexity index is 1000. The summed E-state index contributed by atoms with van der Waals surface area (Å²) in [6.45, 7) is 0.964. The molecule has 1 aliphatic rings. The van der Waals surface area contributed by atoms with Crippen LogP contribution in [0.1, 0.15) is 24.0 Å². The zero-order valence-electron chi connectivity index (χ0n) is 16.3. The van der Waals surface area contributed by atoms with Crippen molar-refractivity contribution in [3.05, 3.63) is 69.5 Å². The Balaban J connectivity index is 1.54. The van der Waals surface area contributed by atoms with Gasteiger partial charge in [-0.15, -0.1) is 0 Å². The summed E-state index contributed by atoms with van der Waals surface area (Å²) >= 11 is 11.9. The number of hydrogen-bond acceptors (Lipinski definition) is 3. The number of rotatable bonds is 7. The van der Waals surface area contributed by atoms with Gasteiger partial charge in [-0.1, -0.05) is 41.4 Å². The lowest BCUT2D eigenvalue weighted by Gasteiger charge is -2.31. The predicted molar refractivity (Wildman–Crippen MR) is 116 cm³/mol. The van der Waals surface area contributed by atoms with E-state index in [4.69, 9.17) is 23.2 Å². The van der Waals surface area contributed by atoms with Crippen LogP contribution in [0.2, 0.25) is 10.0 Å². The highest BCUT2D eigenvalue weighted by Gasteiger charge is 2.32. The molecule has 0 aromatic heterocycles. The van der Waals surface area contributed by atoms with E-state index in [0.717, 1.165) is 5.56 Å². The van der Waals surface area contributed by atoms with Crippen LogP contribution in [0.3, 0.4) is 0 Å². The van der Waals surface area contributed by atoms with Crippen LogP contribution < -0.4 is 5.32 Å². The van der Waals surface area contributed by atoms with Crippen molar-refractivity contribution in [3.8, 4) is 0 Å². The molecule has 1 fully saturated rings. The van der Waals surface area contributed by atoms with Crippen LogP contribution in [-0.4, -0.2) is 38.3 Å². The second kappa shape index (κ2) is 10.1. The molecule has 1 N–H and O–H groups in total. The highest BCUT2D eigenvalue weighted by molar-refractivity contribution is 7.88. The quantitative estimate of drug-likeness (QED) is 0.661. The smallest absolute Gasteiger partial charge is 0.224 e. The van der Waals surface area contributed by atoms with Gasteiger partial charge in [0.2, 0.25) is 15.9 Å². The maximum atomic E-state index is 13.0. The van der Waals surface area contributed by atoms with Crippen molar-refractivity contribution in [1.82, 2.24) is 9.62 Å². The zero-order valence-corrected chi connectivity index (χ0v) is 18.6. The summed E-state index contributed by atoms with van der Waals surface area (Å²) in [6.07, 6.45) is 1.84. The fraction of sp³-hybridized carbons (Fsp3) is 0.381. The van der Waals surface area contributed by atoms with Crippen LogP contribution in [0.5, 0.6) is 0 Å². The van der Waals surface area contributed by atoms with Crippen LogP contribution in [-0.2, 0) is 27.0 Å². The van der Waals surface area contributed by atoms with E-state index in [0.29, 0.717) is 48.0 Å². The van der Waals surface area contributed by atoms with E-state index < -0.39 is 15.9 Å². The van der Waals surface area contributed by atoms with Crippen LogP contribution in [0.4, 0.5) is 4.39 Å². The lowest BCUT2D eigenvalue weighted by molar-refractivity contribution is -0.126. The Morgan fingerprint density at radius 2 is 1.80 bits per heavy atom. The zero-order chi connectivity index (χ0) is 21.7. The Hall–Kier alpha value is -1.67. The van der Waals surface area contributed by atoms with Gasteiger partial charge in [-0.3, -0.25) is 4.79 Å². The number of nitrogens with one attached hydrogen (secondary N) is 1. The molecule has 3 rings (SSSR count). The molecule has 30 heavy (non-hydrogen) atoms. The number of halogens is 3. The van der Waals surface area contributed by atoms with Crippen molar-refractivity contribution in [2.75, 3.05) is 19.6 Å². The van der Waals surface area contributed by atoms with Crippen molar-refractivity contribution in [2.45, 2.75) is 25.0 Å². The van der Waals surface area contributed by atoms with Crippen molar-refractivity contribution in [3.63, 3.8) is 0 Å². The minimum atomic E-state index is -3.58. The summed E-state index contributed by atoms with van der Waals surface area (Å²) in [4.78, 5) is 12.5. The van der Waals surface area contributed by atoms with Gasteiger partial charge in [0.05, 0.1) is 21.7 Å². The second-order valence-corrected chi connectivity index (χ2v) is 10.2. The van der Waals surface area contributed by atoms with Crippen LogP contribution in [0.15, 0.2) is 42.5 Å². The number of amides is 1. The molecule has 0 aliphatic carbocycles. The van der Waals surface area contributed by atoms with Crippen molar-refractivity contribution in [2.24, 2.45) is 5.92 Å². The van der Waals surface area contributed by atoms with Gasteiger partial charge in [-0.05, 0) is 54.7 Å². The lowest BCUT2D eigenvalue weighted by Crippen LogP contribution is -2.46. The standard InChI is InChI=1S/C21H23Cl2FN2O3S/c22-19-8-5-16(12-20(19)23)14-30(28,29)26-11-1-2-17(13-26)21(27)25-10-9-15-3-6-18(24)7-4-15/h3-8,12,17H,1-2,9-11,13-14H2,(H,25,27). The topological polar surface area (TPSA) is 66.5 Å². The summed E-state index contributed by atoms with van der Waals surface area (Å²) in [6, 6.07) is 10.9. The van der Waals surface area contributed by atoms with Gasteiger partial charge >= 0.3 is 0 Å². The molecule has 9 heteroatoms. The van der Waals surface area contributed by atoms with Crippen molar-refractivity contribution in [1.29, 1.82) is 0 Å². The molecule has 0 radical (unpaired) electrons. The number of nitrogens with zero attached hydrogens (tertiary/aromatic N) is 1. The molecule has 1 amide bonds. The lowest BCUT2D eigenvalue weighted by atomic mass is 9.99. The molecule has 1 unspecified atom stereocenters. The van der Waals surface area contributed by atoms with Crippen molar-refractivity contribution < 1.29 is 17.6 Å². The van der Waals surface area contributed by atoms with Gasteiger partial charge in [0.15, 0.2) is 0 Å². The summed E-state index contributed by atoms with van der Waals surface area (Å²) in [5.74, 6) is -1.04. The molecule has 1 atom stereocenters. The maximum Gasteiger partial charge on any atom is 0.224 e. The number of piperidine rings is 1. The van der Waals surface area contributed by atoms with Gasteiger partial charge in [0.25, 0.3) is 0 Å². The fourth-order valence-corrected chi connectivity index (χ4v) is 5.38. The normalized spacial score (nSPS) is 17.6. The van der Waals surface area contributed by atoms with Crippen molar-refractivity contribution >= 4 is 39.1 Å². The molecule has 1 heterocycles. The van der Waals surface area contributed by atoms with E-state index in [-0.39, 0.29) is 24.0 Å². The van der Waals surface area contributed by atoms with E-state index >= 15 is 0 Å². The van der Waals surface area contributed by atoms with Gasteiger partial charge < -0.3 is 5.32 Å². The first-order valence-corrected chi connectivity index (χ1v) is 12.0. The predicted octanol–water partition coefficient (Wildman–Crippen LogP) is 4.03. The van der Waals surface area contributed by atoms with Crippen LogP contribution >= 0.6 is 23.2 Å². The molecule has 0 bridgehead atoms. The van der Waals surface area contributed by atoms with E-state index in [1.165, 1.54) is 16.4 Å². The monoisotopic (exact) mass is 472 g/mol. The van der Waals surface area contributed by atoms with E-state index in [9.17, 15) is 17.6 Å². The molecule has 0 saturated carbocycles. The van der Waals surface area contributed by atoms with Gasteiger partial charge in [-0.25, -0.2) is 17.1 Å². The van der Waals surface area contributed by atoms with Gasteiger partial charge in [0.1, 0.15) is 5.82 Å². The third kappa shape index (κ3) is 6.17. The van der Waals surface area contributed by atoms with E-state index in [1.807, 2.05) is 0 Å². The Kier molecular flexibility index (Phi) is 7.74. The maximum absolute atomic E-state index is 13.0. The molecule has 2 aromatic carbocycles. The fourth-order valence-electron chi connectivity index (χ4n) is 3.47. The second-order valence-electron chi connectivity index (χ2n) is 7.37. The first kappa shape index (κ1) is 23.0. The number of sulfonamides is 1. The Morgan fingerprint density at radius 1 is 1.10 bits per heavy atom. The number of carbonyl (C=O) groups is 1. The Morgan fingerprint density at radius 3 is 2.50 bits per heavy atom. The van der Waals surface area contributed by atoms with E-state index in [1.54, 1.807) is 30.3 Å². The van der Waals surface area contributed by atoms with Gasteiger partial charge in [0, 0.05) is 19.6 Å². The third-order valence-electron chi connectivity index (χ3n) is 5.11. The Labute approximate surface area is 186 Å². The average Bonchev–Trinajstić information content (AvgIpc) is 2.72. The molecule has 1 aliphatic heterocycles. The molecule has 2 aromatic rings. The molecule has 162 valence electrons. The summed E-state index contributed by atoms with van der Waals surface area (Å²) < 4.78 is 40.0. The van der Waals surface area contributed by atoms with Crippen LogP contribution in [0.25, 0.3) is 0 Å². The summed E-state index contributed by atoms with van der Waals surface area (Å²) in [7, 11) is -3.58. The highest BCUT2D eigenvalue weighted by atomic mass is 35.5. The summed E-state index contributed by atoms with van der Waals surface area (Å²) in [5.41, 5.74) is 1.47. The summed E-state index contributed by atoms with van der Waals surface area (Å²) in [5, 5.41) is 3.54. The highest BCUT2D eigenvalue weighted by Crippen LogP contribution is 2.26. The van der Waals surface area contributed by atoms with E-state index in [2.05, 4.69) is 5.32 Å². The number of benzene rings is 2. The van der Waals surface area contributed by atoms with Gasteiger partial charge in [-0.2, -0.15) is 0 Å². The largest absolute Gasteiger partial charge is 0.355 e. The molecule has 1 saturated heterocycles. The SMILES string of the molecule is O=C(NCCc1ccc(F)cc1)C1CCCN(S(=O)(=O)Cc2ccc(Cl)c(Cl)c2)C1. The molecule has 0 spiro atoms.